The normalized spacial score (nSPS) is 19.1. The zero-order valence-corrected chi connectivity index (χ0v) is 14.5. The second-order valence-corrected chi connectivity index (χ2v) is 7.91. The molecule has 0 bridgehead atoms. The van der Waals surface area contributed by atoms with Crippen molar-refractivity contribution in [3.63, 3.8) is 0 Å². The van der Waals surface area contributed by atoms with Gasteiger partial charge < -0.3 is 15.2 Å². The summed E-state index contributed by atoms with van der Waals surface area (Å²) in [5.41, 5.74) is 0.418. The second-order valence-electron chi connectivity index (χ2n) is 7.91. The molecular weight excluding hydrogens is 274 g/mol. The summed E-state index contributed by atoms with van der Waals surface area (Å²) < 4.78 is 5.99. The molecule has 0 heterocycles. The average Bonchev–Trinajstić information content (AvgIpc) is 2.97. The van der Waals surface area contributed by atoms with Crippen LogP contribution in [0, 0.1) is 0 Å². The number of benzene rings is 1. The molecule has 1 saturated carbocycles. The molecule has 1 aromatic rings. The van der Waals surface area contributed by atoms with Crippen LogP contribution in [0.3, 0.4) is 0 Å². The first-order valence-electron chi connectivity index (χ1n) is 8.46. The average molecular weight is 305 g/mol. The van der Waals surface area contributed by atoms with Crippen molar-refractivity contribution < 1.29 is 9.84 Å². The van der Waals surface area contributed by atoms with Crippen molar-refractivity contribution in [2.45, 2.75) is 70.4 Å². The Morgan fingerprint density at radius 3 is 2.41 bits per heavy atom. The summed E-state index contributed by atoms with van der Waals surface area (Å²) in [7, 11) is 0. The minimum Gasteiger partial charge on any atom is -0.490 e. The van der Waals surface area contributed by atoms with Gasteiger partial charge in [-0.1, -0.05) is 31.0 Å². The van der Waals surface area contributed by atoms with E-state index in [-0.39, 0.29) is 5.54 Å². The quantitative estimate of drug-likeness (QED) is 0.838. The molecule has 2 N–H and O–H groups in total. The van der Waals surface area contributed by atoms with Crippen molar-refractivity contribution in [1.29, 1.82) is 0 Å². The summed E-state index contributed by atoms with van der Waals surface area (Å²) in [5.74, 6) is 1.55. The third kappa shape index (κ3) is 5.29. The highest BCUT2D eigenvalue weighted by atomic mass is 16.5. The number of ether oxygens (including phenoxy) is 1. The Labute approximate surface area is 135 Å². The van der Waals surface area contributed by atoms with E-state index in [1.54, 1.807) is 0 Å². The maximum atomic E-state index is 10.5. The third-order valence-electron chi connectivity index (χ3n) is 4.25. The SMILES string of the molecule is CC(C)(C)NC[C@](C)(O)COc1ccccc1C1CCCC1. The highest BCUT2D eigenvalue weighted by Crippen LogP contribution is 2.38. The third-order valence-corrected chi connectivity index (χ3v) is 4.25. The number of hydrogen-bond acceptors (Lipinski definition) is 3. The lowest BCUT2D eigenvalue weighted by atomic mass is 9.97. The predicted molar refractivity (Wildman–Crippen MR) is 91.5 cm³/mol. The van der Waals surface area contributed by atoms with Crippen molar-refractivity contribution >= 4 is 0 Å². The fourth-order valence-electron chi connectivity index (χ4n) is 2.93. The highest BCUT2D eigenvalue weighted by molar-refractivity contribution is 5.36. The molecule has 3 heteroatoms. The molecule has 0 aliphatic heterocycles. The van der Waals surface area contributed by atoms with Crippen LogP contribution >= 0.6 is 0 Å². The van der Waals surface area contributed by atoms with Gasteiger partial charge in [0.1, 0.15) is 18.0 Å². The van der Waals surface area contributed by atoms with Crippen molar-refractivity contribution in [1.82, 2.24) is 5.32 Å². The molecule has 1 aromatic carbocycles. The van der Waals surface area contributed by atoms with E-state index in [0.29, 0.717) is 19.1 Å². The Bertz CT molecular complexity index is 471. The predicted octanol–water partition coefficient (Wildman–Crippen LogP) is 3.86. The Morgan fingerprint density at radius 1 is 1.14 bits per heavy atom. The standard InChI is InChI=1S/C19H31NO2/c1-18(2,3)20-13-19(4,21)14-22-17-12-8-7-11-16(17)15-9-5-6-10-15/h7-8,11-12,15,20-21H,5-6,9-10,13-14H2,1-4H3/t19-/m0/s1. The van der Waals surface area contributed by atoms with Crippen molar-refractivity contribution in [3.05, 3.63) is 29.8 Å². The van der Waals surface area contributed by atoms with Gasteiger partial charge >= 0.3 is 0 Å². The summed E-state index contributed by atoms with van der Waals surface area (Å²) in [6.45, 7) is 8.93. The summed E-state index contributed by atoms with van der Waals surface area (Å²) >= 11 is 0. The van der Waals surface area contributed by atoms with E-state index in [2.05, 4.69) is 38.2 Å². The summed E-state index contributed by atoms with van der Waals surface area (Å²) in [4.78, 5) is 0. The largest absolute Gasteiger partial charge is 0.490 e. The topological polar surface area (TPSA) is 41.5 Å². The molecule has 0 aromatic heterocycles. The molecule has 0 radical (unpaired) electrons. The smallest absolute Gasteiger partial charge is 0.122 e. The highest BCUT2D eigenvalue weighted by Gasteiger charge is 2.25. The van der Waals surface area contributed by atoms with Crippen LogP contribution in [0.2, 0.25) is 0 Å². The maximum absolute atomic E-state index is 10.5. The van der Waals surface area contributed by atoms with E-state index in [9.17, 15) is 5.11 Å². The number of aliphatic hydroxyl groups is 1. The molecule has 0 spiro atoms. The van der Waals surface area contributed by atoms with Gasteiger partial charge in [0.05, 0.1) is 0 Å². The van der Waals surface area contributed by atoms with E-state index in [1.165, 1.54) is 31.2 Å². The van der Waals surface area contributed by atoms with Crippen LogP contribution < -0.4 is 10.1 Å². The van der Waals surface area contributed by atoms with Crippen molar-refractivity contribution in [2.24, 2.45) is 0 Å². The van der Waals surface area contributed by atoms with Gasteiger partial charge in [0.2, 0.25) is 0 Å². The molecule has 2 rings (SSSR count). The van der Waals surface area contributed by atoms with Crippen molar-refractivity contribution in [3.8, 4) is 5.75 Å². The van der Waals surface area contributed by atoms with E-state index in [1.807, 2.05) is 19.1 Å². The van der Waals surface area contributed by atoms with Gasteiger partial charge in [-0.15, -0.1) is 0 Å². The minimum atomic E-state index is -0.879. The fraction of sp³-hybridized carbons (Fsp3) is 0.684. The van der Waals surface area contributed by atoms with Gasteiger partial charge in [-0.05, 0) is 58.1 Å². The van der Waals surface area contributed by atoms with E-state index in [4.69, 9.17) is 4.74 Å². The molecule has 0 amide bonds. The Morgan fingerprint density at radius 2 is 1.77 bits per heavy atom. The summed E-state index contributed by atoms with van der Waals surface area (Å²) in [5, 5.41) is 13.8. The van der Waals surface area contributed by atoms with Crippen LogP contribution in [0.15, 0.2) is 24.3 Å². The Balaban J connectivity index is 1.96. The Hall–Kier alpha value is -1.06. The number of para-hydroxylation sites is 1. The lowest BCUT2D eigenvalue weighted by Gasteiger charge is -2.29. The van der Waals surface area contributed by atoms with Gasteiger partial charge in [-0.25, -0.2) is 0 Å². The number of rotatable bonds is 6. The number of nitrogens with one attached hydrogen (secondary N) is 1. The molecular formula is C19H31NO2. The minimum absolute atomic E-state index is 0.00819. The molecule has 0 unspecified atom stereocenters. The van der Waals surface area contributed by atoms with Crippen LogP contribution in [-0.2, 0) is 0 Å². The van der Waals surface area contributed by atoms with Gasteiger partial charge in [0, 0.05) is 12.1 Å². The first-order valence-corrected chi connectivity index (χ1v) is 8.46. The van der Waals surface area contributed by atoms with E-state index >= 15 is 0 Å². The lowest BCUT2D eigenvalue weighted by Crippen LogP contribution is -2.49. The fourth-order valence-corrected chi connectivity index (χ4v) is 2.93. The molecule has 1 atom stereocenters. The number of hydrogen-bond donors (Lipinski definition) is 2. The lowest BCUT2D eigenvalue weighted by molar-refractivity contribution is 0.00734. The van der Waals surface area contributed by atoms with Gasteiger partial charge in [0.15, 0.2) is 0 Å². The molecule has 124 valence electrons. The molecule has 3 nitrogen and oxygen atoms in total. The molecule has 22 heavy (non-hydrogen) atoms. The first-order chi connectivity index (χ1) is 10.3. The zero-order chi connectivity index (χ0) is 16.2. The van der Waals surface area contributed by atoms with Gasteiger partial charge in [0.25, 0.3) is 0 Å². The van der Waals surface area contributed by atoms with Crippen LogP contribution in [-0.4, -0.2) is 29.4 Å². The van der Waals surface area contributed by atoms with Crippen LogP contribution in [0.1, 0.15) is 64.9 Å². The number of β-amino-alcohol motifs (C(OH)–C–C–N with tert-alkyl or cyclic N) is 1. The van der Waals surface area contributed by atoms with Crippen LogP contribution in [0.4, 0.5) is 0 Å². The zero-order valence-electron chi connectivity index (χ0n) is 14.5. The van der Waals surface area contributed by atoms with Crippen LogP contribution in [0.25, 0.3) is 0 Å². The van der Waals surface area contributed by atoms with E-state index in [0.717, 1.165) is 5.75 Å². The first kappa shape index (κ1) is 17.3. The molecule has 1 fully saturated rings. The Kier molecular flexibility index (Phi) is 5.51. The van der Waals surface area contributed by atoms with Crippen molar-refractivity contribution in [2.75, 3.05) is 13.2 Å². The monoisotopic (exact) mass is 305 g/mol. The van der Waals surface area contributed by atoms with Gasteiger partial charge in [-0.2, -0.15) is 0 Å². The summed E-state index contributed by atoms with van der Waals surface area (Å²) in [6, 6.07) is 8.30. The molecule has 1 aliphatic carbocycles. The van der Waals surface area contributed by atoms with Crippen LogP contribution in [0.5, 0.6) is 5.75 Å². The molecule has 0 saturated heterocycles. The maximum Gasteiger partial charge on any atom is 0.122 e. The van der Waals surface area contributed by atoms with Gasteiger partial charge in [-0.3, -0.25) is 0 Å². The molecule has 1 aliphatic rings. The summed E-state index contributed by atoms with van der Waals surface area (Å²) in [6.07, 6.45) is 5.13. The van der Waals surface area contributed by atoms with E-state index < -0.39 is 5.60 Å². The second kappa shape index (κ2) is 7.01.